The van der Waals surface area contributed by atoms with Gasteiger partial charge in [0.1, 0.15) is 39.1 Å². The van der Waals surface area contributed by atoms with Gasteiger partial charge in [-0.1, -0.05) is 6.92 Å². The molecule has 15 heteroatoms. The summed E-state index contributed by atoms with van der Waals surface area (Å²) in [5.41, 5.74) is 0.586. The molecule has 214 valence electrons. The van der Waals surface area contributed by atoms with Crippen molar-refractivity contribution in [2.75, 3.05) is 25.2 Å². The highest BCUT2D eigenvalue weighted by molar-refractivity contribution is 7.91. The number of sulfone groups is 1. The van der Waals surface area contributed by atoms with Crippen LogP contribution in [0.1, 0.15) is 6.92 Å². The maximum atomic E-state index is 12.2. The summed E-state index contributed by atoms with van der Waals surface area (Å²) in [7, 11) is -5.54. The van der Waals surface area contributed by atoms with Gasteiger partial charge in [-0.2, -0.15) is 8.42 Å². The molecule has 0 saturated heterocycles. The van der Waals surface area contributed by atoms with Crippen molar-refractivity contribution in [1.29, 1.82) is 0 Å². The van der Waals surface area contributed by atoms with Gasteiger partial charge in [0.25, 0.3) is 10.1 Å². The minimum atomic E-state index is -4.86. The number of rotatable bonds is 9. The third-order valence-corrected chi connectivity index (χ3v) is 8.66. The molecule has 0 aliphatic rings. The van der Waals surface area contributed by atoms with E-state index in [4.69, 9.17) is 4.74 Å². The first-order valence-corrected chi connectivity index (χ1v) is 15.0. The molecule has 0 heterocycles. The summed E-state index contributed by atoms with van der Waals surface area (Å²) in [5.74, 6) is -0.208. The molecule has 0 unspecified atom stereocenters. The molecular formula is C26H25N5O8S2. The summed E-state index contributed by atoms with van der Waals surface area (Å²) < 4.78 is 63.4. The number of azo groups is 2. The third kappa shape index (κ3) is 6.11. The molecule has 0 amide bonds. The van der Waals surface area contributed by atoms with E-state index in [0.717, 1.165) is 12.1 Å². The van der Waals surface area contributed by atoms with Gasteiger partial charge in [0, 0.05) is 23.9 Å². The Morgan fingerprint density at radius 1 is 0.805 bits per heavy atom. The predicted octanol–water partition coefficient (Wildman–Crippen LogP) is 6.17. The average Bonchev–Trinajstić information content (AvgIpc) is 2.95. The highest BCUT2D eigenvalue weighted by Crippen LogP contribution is 2.43. The molecule has 0 aliphatic heterocycles. The van der Waals surface area contributed by atoms with Gasteiger partial charge in [0.2, 0.25) is 0 Å². The van der Waals surface area contributed by atoms with Crippen LogP contribution in [0, 0.1) is 0 Å². The second kappa shape index (κ2) is 11.5. The number of ether oxygens (including phenoxy) is 1. The number of benzene rings is 4. The van der Waals surface area contributed by atoms with Crippen LogP contribution in [0.5, 0.6) is 17.2 Å². The molecule has 0 radical (unpaired) electrons. The van der Waals surface area contributed by atoms with Crippen LogP contribution in [0.4, 0.5) is 28.4 Å². The molecule has 4 aromatic rings. The number of hydrogen-bond acceptors (Lipinski definition) is 12. The second-order valence-corrected chi connectivity index (χ2v) is 12.2. The quantitative estimate of drug-likeness (QED) is 0.128. The van der Waals surface area contributed by atoms with Crippen LogP contribution >= 0.6 is 0 Å². The molecular weight excluding hydrogens is 574 g/mol. The molecule has 0 saturated carbocycles. The van der Waals surface area contributed by atoms with Gasteiger partial charge < -0.3 is 20.3 Å². The summed E-state index contributed by atoms with van der Waals surface area (Å²) in [4.78, 5) is -1.02. The van der Waals surface area contributed by atoms with Crippen molar-refractivity contribution in [2.24, 2.45) is 20.5 Å². The Kier molecular flexibility index (Phi) is 8.23. The highest BCUT2D eigenvalue weighted by Gasteiger charge is 2.21. The van der Waals surface area contributed by atoms with Gasteiger partial charge >= 0.3 is 0 Å². The van der Waals surface area contributed by atoms with Crippen LogP contribution in [0.2, 0.25) is 0 Å². The monoisotopic (exact) mass is 599 g/mol. The summed E-state index contributed by atoms with van der Waals surface area (Å²) in [5, 5.41) is 40.9. The van der Waals surface area contributed by atoms with E-state index in [1.165, 1.54) is 38.3 Å². The maximum Gasteiger partial charge on any atom is 0.296 e. The lowest BCUT2D eigenvalue weighted by Gasteiger charge is -2.11. The first kappa shape index (κ1) is 29.4. The van der Waals surface area contributed by atoms with E-state index in [1.54, 1.807) is 31.3 Å². The highest BCUT2D eigenvalue weighted by atomic mass is 32.2. The fourth-order valence-corrected chi connectivity index (χ4v) is 5.45. The Hall–Kier alpha value is -4.60. The summed E-state index contributed by atoms with van der Waals surface area (Å²) >= 11 is 0. The molecule has 0 fully saturated rings. The fraction of sp³-hybridized carbons (Fsp3) is 0.154. The molecule has 13 nitrogen and oxygen atoms in total. The van der Waals surface area contributed by atoms with E-state index in [0.29, 0.717) is 22.2 Å². The Morgan fingerprint density at radius 2 is 1.46 bits per heavy atom. The van der Waals surface area contributed by atoms with Crippen molar-refractivity contribution < 1.29 is 36.3 Å². The fourth-order valence-electron chi connectivity index (χ4n) is 3.82. The van der Waals surface area contributed by atoms with E-state index in [1.807, 2.05) is 0 Å². The molecule has 4 N–H and O–H groups in total. The molecule has 0 bridgehead atoms. The lowest BCUT2D eigenvalue weighted by atomic mass is 10.1. The standard InChI is InChI=1S/C26H25N5O8S2/c1-4-40(34,35)16-6-9-19(24(14-16)41(36,37)38)28-31-25-17-7-11-21(26(33)18(17)8-10-20(25)27-2)29-30-22-13-15(39-3)5-12-23(22)32/h5-14,27,32-33H,4H2,1-3H3,(H,36,37,38). The topological polar surface area (TPSA) is 200 Å². The number of fused-ring (bicyclic) bond motifs is 1. The first-order chi connectivity index (χ1) is 19.4. The number of phenols is 2. The van der Waals surface area contributed by atoms with Crippen LogP contribution in [0.15, 0.2) is 90.9 Å². The largest absolute Gasteiger partial charge is 0.506 e. The summed E-state index contributed by atoms with van der Waals surface area (Å²) in [6.45, 7) is 1.40. The van der Waals surface area contributed by atoms with Gasteiger partial charge in [-0.15, -0.1) is 20.5 Å². The molecule has 41 heavy (non-hydrogen) atoms. The van der Waals surface area contributed by atoms with Crippen molar-refractivity contribution in [2.45, 2.75) is 16.7 Å². The van der Waals surface area contributed by atoms with Crippen LogP contribution in [0.3, 0.4) is 0 Å². The molecule has 4 aromatic carbocycles. The van der Waals surface area contributed by atoms with Gasteiger partial charge in [0.05, 0.1) is 23.4 Å². The average molecular weight is 600 g/mol. The lowest BCUT2D eigenvalue weighted by Crippen LogP contribution is -2.06. The normalized spacial score (nSPS) is 12.4. The minimum Gasteiger partial charge on any atom is -0.506 e. The smallest absolute Gasteiger partial charge is 0.296 e. The number of hydrogen-bond donors (Lipinski definition) is 4. The van der Waals surface area contributed by atoms with E-state index >= 15 is 0 Å². The van der Waals surface area contributed by atoms with Crippen molar-refractivity contribution >= 4 is 59.2 Å². The third-order valence-electron chi connectivity index (χ3n) is 6.05. The zero-order valence-corrected chi connectivity index (χ0v) is 23.6. The van der Waals surface area contributed by atoms with Crippen molar-refractivity contribution in [3.05, 3.63) is 60.7 Å². The molecule has 0 aliphatic carbocycles. The van der Waals surface area contributed by atoms with E-state index in [9.17, 15) is 31.6 Å². The number of nitrogens with zero attached hydrogens (tertiary/aromatic N) is 4. The van der Waals surface area contributed by atoms with Gasteiger partial charge in [-0.05, 0) is 54.6 Å². The van der Waals surface area contributed by atoms with Crippen LogP contribution < -0.4 is 10.1 Å². The van der Waals surface area contributed by atoms with Gasteiger partial charge in [0.15, 0.2) is 15.6 Å². The van der Waals surface area contributed by atoms with Gasteiger partial charge in [-0.25, -0.2) is 8.42 Å². The maximum absolute atomic E-state index is 12.2. The Labute approximate surface area is 235 Å². The van der Waals surface area contributed by atoms with E-state index < -0.39 is 24.9 Å². The molecule has 4 rings (SSSR count). The lowest BCUT2D eigenvalue weighted by molar-refractivity contribution is 0.412. The van der Waals surface area contributed by atoms with E-state index in [2.05, 4.69) is 25.8 Å². The Balaban J connectivity index is 1.81. The zero-order valence-electron chi connectivity index (χ0n) is 22.0. The molecule has 0 spiro atoms. The molecule has 0 atom stereocenters. The molecule has 0 aromatic heterocycles. The van der Waals surface area contributed by atoms with E-state index in [-0.39, 0.29) is 44.9 Å². The van der Waals surface area contributed by atoms with Crippen LogP contribution in [0.25, 0.3) is 10.8 Å². The summed E-state index contributed by atoms with van der Waals surface area (Å²) in [6, 6.07) is 13.8. The zero-order chi connectivity index (χ0) is 29.9. The van der Waals surface area contributed by atoms with Crippen LogP contribution in [-0.2, 0) is 20.0 Å². The minimum absolute atomic E-state index is 0.0844. The number of phenolic OH excluding ortho intramolecular Hbond substituents is 2. The second-order valence-electron chi connectivity index (χ2n) is 8.50. The summed E-state index contributed by atoms with van der Waals surface area (Å²) in [6.07, 6.45) is 0. The Bertz CT molecular complexity index is 1920. The Morgan fingerprint density at radius 3 is 2.12 bits per heavy atom. The van der Waals surface area contributed by atoms with Crippen molar-refractivity contribution in [1.82, 2.24) is 0 Å². The van der Waals surface area contributed by atoms with Crippen molar-refractivity contribution in [3.63, 3.8) is 0 Å². The first-order valence-electron chi connectivity index (χ1n) is 11.9. The number of aromatic hydroxyl groups is 2. The SMILES string of the molecule is CCS(=O)(=O)c1ccc(N=Nc2c(NC)ccc3c(O)c(N=Nc4cc(OC)ccc4O)ccc23)c(S(=O)(=O)O)c1. The number of nitrogens with one attached hydrogen (secondary N) is 1. The predicted molar refractivity (Wildman–Crippen MR) is 152 cm³/mol. The van der Waals surface area contributed by atoms with Crippen molar-refractivity contribution in [3.8, 4) is 17.2 Å². The van der Waals surface area contributed by atoms with Crippen LogP contribution in [-0.4, -0.2) is 51.5 Å². The number of methoxy groups -OCH3 is 1. The van der Waals surface area contributed by atoms with Gasteiger partial charge in [-0.3, -0.25) is 4.55 Å². The number of anilines is 1.